The number of amides is 1. The fourth-order valence-corrected chi connectivity index (χ4v) is 1.11. The van der Waals surface area contributed by atoms with Crippen molar-refractivity contribution in [2.75, 3.05) is 19.0 Å². The monoisotopic (exact) mass is 224 g/mol. The number of hydrogen-bond donors (Lipinski definition) is 3. The van der Waals surface area contributed by atoms with E-state index in [1.165, 1.54) is 13.2 Å². The quantitative estimate of drug-likeness (QED) is 0.664. The third kappa shape index (κ3) is 2.87. The molecule has 1 aromatic carbocycles. The minimum absolute atomic E-state index is 0.0306. The van der Waals surface area contributed by atoms with E-state index in [4.69, 9.17) is 10.5 Å². The molecule has 0 heterocycles. The van der Waals surface area contributed by atoms with Crippen molar-refractivity contribution in [2.24, 2.45) is 11.7 Å². The summed E-state index contributed by atoms with van der Waals surface area (Å²) in [6.45, 7) is 1.98. The van der Waals surface area contributed by atoms with Gasteiger partial charge in [-0.1, -0.05) is 6.92 Å². The topological polar surface area (TPSA) is 84.6 Å². The summed E-state index contributed by atoms with van der Waals surface area (Å²) in [7, 11) is 1.50. The van der Waals surface area contributed by atoms with Gasteiger partial charge in [-0.05, 0) is 12.1 Å². The second kappa shape index (κ2) is 5.37. The second-order valence-electron chi connectivity index (χ2n) is 3.51. The van der Waals surface area contributed by atoms with Crippen LogP contribution in [-0.4, -0.2) is 24.7 Å². The average molecular weight is 224 g/mol. The zero-order chi connectivity index (χ0) is 12.1. The van der Waals surface area contributed by atoms with Gasteiger partial charge < -0.3 is 20.9 Å². The maximum absolute atomic E-state index is 11.5. The Labute approximate surface area is 94.2 Å². The van der Waals surface area contributed by atoms with Crippen LogP contribution in [0.3, 0.4) is 0 Å². The first-order valence-electron chi connectivity index (χ1n) is 4.96. The van der Waals surface area contributed by atoms with Crippen LogP contribution in [0.25, 0.3) is 0 Å². The maximum Gasteiger partial charge on any atom is 0.228 e. The van der Waals surface area contributed by atoms with E-state index in [1.807, 2.05) is 0 Å². The highest BCUT2D eigenvalue weighted by Crippen LogP contribution is 2.28. The SMILES string of the molecule is COc1ccc(NC(=O)C(C)CN)c(O)c1. The zero-order valence-corrected chi connectivity index (χ0v) is 9.36. The van der Waals surface area contributed by atoms with Crippen LogP contribution in [0.5, 0.6) is 11.5 Å². The minimum Gasteiger partial charge on any atom is -0.506 e. The van der Waals surface area contributed by atoms with Crippen LogP contribution in [-0.2, 0) is 4.79 Å². The van der Waals surface area contributed by atoms with Gasteiger partial charge in [0.15, 0.2) is 0 Å². The van der Waals surface area contributed by atoms with Crippen molar-refractivity contribution in [1.82, 2.24) is 0 Å². The number of phenols is 1. The fraction of sp³-hybridized carbons (Fsp3) is 0.364. The summed E-state index contributed by atoms with van der Waals surface area (Å²) in [6, 6.07) is 4.67. The number of nitrogens with two attached hydrogens (primary N) is 1. The number of nitrogens with one attached hydrogen (secondary N) is 1. The van der Waals surface area contributed by atoms with Gasteiger partial charge in [-0.25, -0.2) is 0 Å². The number of phenolic OH excluding ortho intramolecular Hbond substituents is 1. The van der Waals surface area contributed by atoms with Crippen LogP contribution in [0.2, 0.25) is 0 Å². The smallest absolute Gasteiger partial charge is 0.228 e. The summed E-state index contributed by atoms with van der Waals surface area (Å²) < 4.78 is 4.93. The van der Waals surface area contributed by atoms with Crippen molar-refractivity contribution >= 4 is 11.6 Å². The third-order valence-corrected chi connectivity index (χ3v) is 2.26. The number of aromatic hydroxyl groups is 1. The molecular formula is C11H16N2O3. The Morgan fingerprint density at radius 3 is 2.81 bits per heavy atom. The van der Waals surface area contributed by atoms with E-state index < -0.39 is 0 Å². The Hall–Kier alpha value is -1.75. The van der Waals surface area contributed by atoms with E-state index in [9.17, 15) is 9.90 Å². The molecule has 0 aromatic heterocycles. The van der Waals surface area contributed by atoms with Crippen molar-refractivity contribution in [3.05, 3.63) is 18.2 Å². The number of carbonyl (C=O) groups is 1. The van der Waals surface area contributed by atoms with Crippen molar-refractivity contribution in [3.8, 4) is 11.5 Å². The lowest BCUT2D eigenvalue weighted by Gasteiger charge is -2.11. The number of benzene rings is 1. The van der Waals surface area contributed by atoms with Gasteiger partial charge in [0.2, 0.25) is 5.91 Å². The summed E-state index contributed by atoms with van der Waals surface area (Å²) in [5, 5.41) is 12.2. The molecule has 1 aromatic rings. The molecule has 0 fully saturated rings. The fourth-order valence-electron chi connectivity index (χ4n) is 1.11. The van der Waals surface area contributed by atoms with Crippen molar-refractivity contribution in [1.29, 1.82) is 0 Å². The van der Waals surface area contributed by atoms with Crippen LogP contribution in [0.1, 0.15) is 6.92 Å². The van der Waals surface area contributed by atoms with E-state index in [0.717, 1.165) is 0 Å². The Morgan fingerprint density at radius 1 is 1.62 bits per heavy atom. The molecule has 0 aliphatic rings. The largest absolute Gasteiger partial charge is 0.506 e. The zero-order valence-electron chi connectivity index (χ0n) is 9.36. The average Bonchev–Trinajstić information content (AvgIpc) is 2.30. The van der Waals surface area contributed by atoms with Crippen LogP contribution in [0.4, 0.5) is 5.69 Å². The van der Waals surface area contributed by atoms with Crippen molar-refractivity contribution in [2.45, 2.75) is 6.92 Å². The number of methoxy groups -OCH3 is 1. The molecule has 0 aliphatic carbocycles. The van der Waals surface area contributed by atoms with E-state index in [-0.39, 0.29) is 24.1 Å². The van der Waals surface area contributed by atoms with Crippen LogP contribution < -0.4 is 15.8 Å². The lowest BCUT2D eigenvalue weighted by Crippen LogP contribution is -2.26. The first-order chi connectivity index (χ1) is 7.58. The van der Waals surface area contributed by atoms with Gasteiger partial charge in [-0.3, -0.25) is 4.79 Å². The summed E-state index contributed by atoms with van der Waals surface area (Å²) in [4.78, 5) is 11.5. The molecule has 0 aliphatic heterocycles. The number of carbonyl (C=O) groups excluding carboxylic acids is 1. The standard InChI is InChI=1S/C11H16N2O3/c1-7(6-12)11(15)13-9-4-3-8(16-2)5-10(9)14/h3-5,7,14H,6,12H2,1-2H3,(H,13,15). The molecule has 5 nitrogen and oxygen atoms in total. The Morgan fingerprint density at radius 2 is 2.31 bits per heavy atom. The lowest BCUT2D eigenvalue weighted by molar-refractivity contribution is -0.119. The highest BCUT2D eigenvalue weighted by atomic mass is 16.5. The van der Waals surface area contributed by atoms with Crippen LogP contribution in [0.15, 0.2) is 18.2 Å². The van der Waals surface area contributed by atoms with Crippen molar-refractivity contribution in [3.63, 3.8) is 0 Å². The lowest BCUT2D eigenvalue weighted by atomic mass is 10.1. The first-order valence-corrected chi connectivity index (χ1v) is 4.96. The molecular weight excluding hydrogens is 208 g/mol. The Balaban J connectivity index is 2.78. The molecule has 1 amide bonds. The van der Waals surface area contributed by atoms with Crippen molar-refractivity contribution < 1.29 is 14.6 Å². The highest BCUT2D eigenvalue weighted by Gasteiger charge is 2.12. The molecule has 16 heavy (non-hydrogen) atoms. The minimum atomic E-state index is -0.290. The number of ether oxygens (including phenoxy) is 1. The number of rotatable bonds is 4. The Bertz CT molecular complexity index is 379. The molecule has 1 rings (SSSR count). The summed E-state index contributed by atoms with van der Waals surface area (Å²) in [6.07, 6.45) is 0. The summed E-state index contributed by atoms with van der Waals surface area (Å²) in [5.41, 5.74) is 5.72. The normalized spacial score (nSPS) is 11.9. The van der Waals surface area contributed by atoms with Crippen LogP contribution >= 0.6 is 0 Å². The molecule has 0 bridgehead atoms. The molecule has 0 radical (unpaired) electrons. The predicted molar refractivity (Wildman–Crippen MR) is 61.5 cm³/mol. The summed E-state index contributed by atoms with van der Waals surface area (Å²) in [5.74, 6) is -0.0104. The van der Waals surface area contributed by atoms with E-state index >= 15 is 0 Å². The number of hydrogen-bond acceptors (Lipinski definition) is 4. The second-order valence-corrected chi connectivity index (χ2v) is 3.51. The summed E-state index contributed by atoms with van der Waals surface area (Å²) >= 11 is 0. The molecule has 0 saturated heterocycles. The molecule has 4 N–H and O–H groups in total. The van der Waals surface area contributed by atoms with Gasteiger partial charge in [-0.15, -0.1) is 0 Å². The van der Waals surface area contributed by atoms with Crippen LogP contribution in [0, 0.1) is 5.92 Å². The molecule has 5 heteroatoms. The van der Waals surface area contributed by atoms with Gasteiger partial charge in [-0.2, -0.15) is 0 Å². The van der Waals surface area contributed by atoms with E-state index in [1.54, 1.807) is 19.1 Å². The predicted octanol–water partition coefficient (Wildman–Crippen LogP) is 0.934. The van der Waals surface area contributed by atoms with Gasteiger partial charge in [0, 0.05) is 18.5 Å². The van der Waals surface area contributed by atoms with Gasteiger partial charge in [0.25, 0.3) is 0 Å². The Kier molecular flexibility index (Phi) is 4.13. The van der Waals surface area contributed by atoms with Gasteiger partial charge in [0.05, 0.1) is 12.8 Å². The van der Waals surface area contributed by atoms with E-state index in [2.05, 4.69) is 5.32 Å². The maximum atomic E-state index is 11.5. The van der Waals surface area contributed by atoms with Gasteiger partial charge in [0.1, 0.15) is 11.5 Å². The number of anilines is 1. The first kappa shape index (κ1) is 12.3. The van der Waals surface area contributed by atoms with Gasteiger partial charge >= 0.3 is 0 Å². The molecule has 0 saturated carbocycles. The molecule has 1 atom stereocenters. The molecule has 1 unspecified atom stereocenters. The third-order valence-electron chi connectivity index (χ3n) is 2.26. The molecule has 88 valence electrons. The van der Waals surface area contributed by atoms with E-state index in [0.29, 0.717) is 11.4 Å². The molecule has 0 spiro atoms. The highest BCUT2D eigenvalue weighted by molar-refractivity contribution is 5.93.